The van der Waals surface area contributed by atoms with Gasteiger partial charge in [0.2, 0.25) is 0 Å². The molecule has 72 heavy (non-hydrogen) atoms. The molecule has 13 heteroatoms. The summed E-state index contributed by atoms with van der Waals surface area (Å²) in [6.07, 6.45) is 7.63. The van der Waals surface area contributed by atoms with Gasteiger partial charge in [0, 0.05) is 35.0 Å². The summed E-state index contributed by atoms with van der Waals surface area (Å²) in [6.45, 7) is 7.59. The summed E-state index contributed by atoms with van der Waals surface area (Å²) < 4.78 is 88.5. The monoisotopic (exact) mass is 1000 g/mol. The number of piperidine rings is 2. The maximum atomic E-state index is 14.7. The highest BCUT2D eigenvalue weighted by Gasteiger charge is 2.21. The summed E-state index contributed by atoms with van der Waals surface area (Å²) >= 11 is 0. The largest absolute Gasteiger partial charge is 0.508 e. The molecule has 2 aliphatic heterocycles. The van der Waals surface area contributed by atoms with Crippen LogP contribution >= 0.6 is 12.4 Å². The van der Waals surface area contributed by atoms with Crippen LogP contribution in [-0.2, 0) is 0 Å². The smallest absolute Gasteiger partial charge is 0.143 e. The normalized spacial score (nSPS) is 14.0. The minimum absolute atomic E-state index is 0. The van der Waals surface area contributed by atoms with E-state index in [-0.39, 0.29) is 29.3 Å². The molecule has 0 aromatic heterocycles. The molecule has 2 saturated heterocycles. The third-order valence-corrected chi connectivity index (χ3v) is 12.9. The van der Waals surface area contributed by atoms with Crippen LogP contribution in [0.2, 0.25) is 0 Å². The number of hydrogen-bond acceptors (Lipinski definition) is 8. The van der Waals surface area contributed by atoms with Crippen LogP contribution in [0.1, 0.15) is 38.5 Å². The van der Waals surface area contributed by atoms with Crippen molar-refractivity contribution in [1.82, 2.24) is 9.80 Å². The van der Waals surface area contributed by atoms with Crippen molar-refractivity contribution in [1.29, 1.82) is 0 Å². The fourth-order valence-electron chi connectivity index (χ4n) is 9.21. The van der Waals surface area contributed by atoms with Crippen molar-refractivity contribution in [2.45, 2.75) is 38.5 Å². The van der Waals surface area contributed by atoms with Gasteiger partial charge >= 0.3 is 0 Å². The fourth-order valence-corrected chi connectivity index (χ4v) is 9.21. The van der Waals surface area contributed by atoms with Crippen molar-refractivity contribution in [3.63, 3.8) is 0 Å². The minimum Gasteiger partial charge on any atom is -0.508 e. The van der Waals surface area contributed by atoms with Crippen LogP contribution < -0.4 is 23.7 Å². The number of fused-ring (bicyclic) bond motifs is 2. The first kappa shape index (κ1) is 51.4. The third-order valence-electron chi connectivity index (χ3n) is 12.9. The lowest BCUT2D eigenvalue weighted by molar-refractivity contribution is 0.183. The SMILES string of the molecule is COc1ccc2c(Oc3ccc(OCCN4CCCCC4)cc3)c(-c3c(F)cccc3F)ccc2c1.Cl.Oc1ccc2c(Oc3ccc(OCCN4CCCCC4)cc3)c(-c3c(F)cccc3F)ccc2c1. The molecule has 1 N–H and O–H groups in total. The van der Waals surface area contributed by atoms with Crippen molar-refractivity contribution in [3.05, 3.63) is 169 Å². The van der Waals surface area contributed by atoms with Gasteiger partial charge in [0.05, 0.1) is 18.2 Å². The average molecular weight is 1000 g/mol. The van der Waals surface area contributed by atoms with Gasteiger partial charge in [-0.05, 0) is 184 Å². The van der Waals surface area contributed by atoms with E-state index in [0.29, 0.717) is 63.9 Å². The van der Waals surface area contributed by atoms with E-state index in [4.69, 9.17) is 23.7 Å². The fraction of sp³-hybridized carbons (Fsp3) is 0.254. The van der Waals surface area contributed by atoms with E-state index >= 15 is 0 Å². The van der Waals surface area contributed by atoms with E-state index in [2.05, 4.69) is 9.80 Å². The number of halogens is 5. The lowest BCUT2D eigenvalue weighted by Gasteiger charge is -2.26. The van der Waals surface area contributed by atoms with Crippen molar-refractivity contribution in [2.24, 2.45) is 0 Å². The van der Waals surface area contributed by atoms with E-state index < -0.39 is 23.3 Å². The second-order valence-electron chi connectivity index (χ2n) is 17.7. The number of methoxy groups -OCH3 is 1. The predicted octanol–water partition coefficient (Wildman–Crippen LogP) is 15.0. The molecule has 0 amide bonds. The van der Waals surface area contributed by atoms with Gasteiger partial charge in [0.25, 0.3) is 0 Å². The van der Waals surface area contributed by atoms with Crippen LogP contribution in [0.15, 0.2) is 146 Å². The number of aromatic hydroxyl groups is 1. The molecule has 8 aromatic carbocycles. The van der Waals surface area contributed by atoms with Crippen LogP contribution in [0.4, 0.5) is 17.6 Å². The van der Waals surface area contributed by atoms with Crippen LogP contribution in [-0.4, -0.2) is 74.5 Å². The molecule has 0 spiro atoms. The average Bonchev–Trinajstić information content (AvgIpc) is 3.39. The number of hydrogen-bond donors (Lipinski definition) is 1. The second kappa shape index (κ2) is 24.4. The number of benzene rings is 8. The molecule has 8 aromatic rings. The highest BCUT2D eigenvalue weighted by atomic mass is 35.5. The molecule has 2 aliphatic rings. The van der Waals surface area contributed by atoms with E-state index in [1.807, 2.05) is 42.5 Å². The van der Waals surface area contributed by atoms with Gasteiger partial charge in [-0.25, -0.2) is 17.6 Å². The Bertz CT molecular complexity index is 3030. The predicted molar refractivity (Wildman–Crippen MR) is 279 cm³/mol. The lowest BCUT2D eigenvalue weighted by Crippen LogP contribution is -2.33. The van der Waals surface area contributed by atoms with Crippen molar-refractivity contribution in [2.75, 3.05) is 59.6 Å². The molecule has 2 fully saturated rings. The standard InChI is InChI=1S/C30H29F2NO3.C29H27F2NO3.ClH/c1-34-24-13-15-25-21(20-24)8-14-26(29-27(31)6-5-7-28(29)32)30(25)36-23-11-9-22(10-12-23)35-19-18-33-16-3-2-4-17-33;30-26-5-4-6-27(31)28(26)25-13-7-20-19-21(33)8-14-24(20)29(25)35-23-11-9-22(10-12-23)34-18-17-32-15-2-1-3-16-32;/h5-15,20H,2-4,16-19H2,1H3;4-14,19,33H,1-3,15-18H2;1H. The molecule has 374 valence electrons. The summed E-state index contributed by atoms with van der Waals surface area (Å²) in [6, 6.07) is 39.2. The molecule has 8 nitrogen and oxygen atoms in total. The Balaban J connectivity index is 0.000000190. The molecule has 0 atom stereocenters. The summed E-state index contributed by atoms with van der Waals surface area (Å²) in [5.74, 6) is 1.35. The molecule has 0 saturated carbocycles. The Labute approximate surface area is 423 Å². The quantitative estimate of drug-likeness (QED) is 0.102. The molecule has 2 heterocycles. The van der Waals surface area contributed by atoms with Crippen molar-refractivity contribution < 1.29 is 46.4 Å². The summed E-state index contributed by atoms with van der Waals surface area (Å²) in [5, 5.41) is 12.8. The van der Waals surface area contributed by atoms with Crippen molar-refractivity contribution in [3.8, 4) is 68.2 Å². The topological polar surface area (TPSA) is 72.9 Å². The number of phenolic OH excluding ortho intramolecular Hbond substituents is 1. The zero-order valence-electron chi connectivity index (χ0n) is 40.1. The number of ether oxygens (including phenoxy) is 5. The van der Waals surface area contributed by atoms with Crippen molar-refractivity contribution >= 4 is 34.0 Å². The summed E-state index contributed by atoms with van der Waals surface area (Å²) in [7, 11) is 1.60. The Kier molecular flexibility index (Phi) is 17.4. The second-order valence-corrected chi connectivity index (χ2v) is 17.7. The Hall–Kier alpha value is -6.99. The molecule has 0 unspecified atom stereocenters. The molecular formula is C59H57ClF4N2O6. The maximum Gasteiger partial charge on any atom is 0.143 e. The zero-order chi connectivity index (χ0) is 49.1. The van der Waals surface area contributed by atoms with Gasteiger partial charge in [-0.3, -0.25) is 9.80 Å². The van der Waals surface area contributed by atoms with E-state index in [1.165, 1.54) is 81.0 Å². The van der Waals surface area contributed by atoms with Crippen LogP contribution in [0.5, 0.6) is 46.0 Å². The van der Waals surface area contributed by atoms with Gasteiger partial charge in [-0.2, -0.15) is 0 Å². The lowest BCUT2D eigenvalue weighted by atomic mass is 9.98. The molecule has 10 rings (SSSR count). The number of phenols is 1. The van der Waals surface area contributed by atoms with E-state index in [1.54, 1.807) is 67.8 Å². The minimum atomic E-state index is -0.676. The van der Waals surface area contributed by atoms with E-state index in [0.717, 1.165) is 61.5 Å². The molecule has 0 radical (unpaired) electrons. The van der Waals surface area contributed by atoms with Gasteiger partial charge in [-0.1, -0.05) is 37.1 Å². The highest BCUT2D eigenvalue weighted by molar-refractivity contribution is 5.97. The molecule has 0 bridgehead atoms. The first-order valence-corrected chi connectivity index (χ1v) is 24.2. The summed E-state index contributed by atoms with van der Waals surface area (Å²) in [5.41, 5.74) is 0.351. The van der Waals surface area contributed by atoms with E-state index in [9.17, 15) is 22.7 Å². The molecule has 0 aliphatic carbocycles. The Morgan fingerprint density at radius 1 is 0.444 bits per heavy atom. The third kappa shape index (κ3) is 12.5. The zero-order valence-corrected chi connectivity index (χ0v) is 40.9. The first-order chi connectivity index (χ1) is 34.7. The van der Waals surface area contributed by atoms with Gasteiger partial charge < -0.3 is 28.8 Å². The first-order valence-electron chi connectivity index (χ1n) is 24.2. The maximum absolute atomic E-state index is 14.7. The highest BCUT2D eigenvalue weighted by Crippen LogP contribution is 2.44. The van der Waals surface area contributed by atoms with Gasteiger partial charge in [0.1, 0.15) is 82.5 Å². The number of nitrogens with zero attached hydrogens (tertiary/aromatic N) is 2. The number of likely N-dealkylation sites (tertiary alicyclic amines) is 2. The Morgan fingerprint density at radius 2 is 0.833 bits per heavy atom. The summed E-state index contributed by atoms with van der Waals surface area (Å²) in [4.78, 5) is 4.85. The number of rotatable bonds is 15. The van der Waals surface area contributed by atoms with Crippen LogP contribution in [0.25, 0.3) is 43.8 Å². The Morgan fingerprint density at radius 3 is 1.26 bits per heavy atom. The van der Waals surface area contributed by atoms with Crippen LogP contribution in [0, 0.1) is 23.3 Å². The van der Waals surface area contributed by atoms with Gasteiger partial charge in [-0.15, -0.1) is 12.4 Å². The van der Waals surface area contributed by atoms with Gasteiger partial charge in [0.15, 0.2) is 0 Å². The molecular weight excluding hydrogens is 944 g/mol. The van der Waals surface area contributed by atoms with Crippen LogP contribution in [0.3, 0.4) is 0 Å².